The van der Waals surface area contributed by atoms with Gasteiger partial charge in [0.05, 0.1) is 6.10 Å². The summed E-state index contributed by atoms with van der Waals surface area (Å²) >= 11 is 0. The van der Waals surface area contributed by atoms with Gasteiger partial charge in [-0.1, -0.05) is 12.5 Å². The summed E-state index contributed by atoms with van der Waals surface area (Å²) < 4.78 is 25.4. The van der Waals surface area contributed by atoms with Gasteiger partial charge in [0, 0.05) is 0 Å². The van der Waals surface area contributed by atoms with Crippen molar-refractivity contribution in [3.05, 3.63) is 42.3 Å². The highest BCUT2D eigenvalue weighted by molar-refractivity contribution is 5.17. The summed E-state index contributed by atoms with van der Waals surface area (Å²) in [4.78, 5) is 0. The molecule has 1 N–H and O–H groups in total. The molecule has 0 saturated carbocycles. The molecule has 0 heterocycles. The molecule has 0 bridgehead atoms. The van der Waals surface area contributed by atoms with Crippen LogP contribution in [0.2, 0.25) is 0 Å². The molecule has 0 fully saturated rings. The molecule has 0 aliphatic rings. The van der Waals surface area contributed by atoms with Crippen LogP contribution in [0.1, 0.15) is 24.8 Å². The number of aliphatic hydroxyl groups is 1. The average molecular weight is 213 g/mol. The SMILES string of the molecule is [CH2]C(O)CCCCc1ccc(F)c(F)c1. The van der Waals surface area contributed by atoms with Gasteiger partial charge in [0.15, 0.2) is 11.6 Å². The Morgan fingerprint density at radius 3 is 2.53 bits per heavy atom. The highest BCUT2D eigenvalue weighted by Gasteiger charge is 2.02. The van der Waals surface area contributed by atoms with Crippen molar-refractivity contribution in [2.75, 3.05) is 0 Å². The number of hydrogen-bond acceptors (Lipinski definition) is 1. The molecule has 1 nitrogen and oxygen atoms in total. The van der Waals surface area contributed by atoms with Crippen molar-refractivity contribution >= 4 is 0 Å². The van der Waals surface area contributed by atoms with Crippen molar-refractivity contribution in [1.29, 1.82) is 0 Å². The second kappa shape index (κ2) is 5.81. The summed E-state index contributed by atoms with van der Waals surface area (Å²) in [5, 5.41) is 8.91. The molecule has 1 aromatic carbocycles. The fourth-order valence-electron chi connectivity index (χ4n) is 1.40. The molecule has 0 saturated heterocycles. The van der Waals surface area contributed by atoms with Crippen molar-refractivity contribution in [2.45, 2.75) is 31.8 Å². The molecule has 83 valence electrons. The van der Waals surface area contributed by atoms with Crippen molar-refractivity contribution < 1.29 is 13.9 Å². The zero-order valence-electron chi connectivity index (χ0n) is 8.55. The van der Waals surface area contributed by atoms with Crippen LogP contribution in [0.3, 0.4) is 0 Å². The van der Waals surface area contributed by atoms with Crippen LogP contribution >= 0.6 is 0 Å². The zero-order chi connectivity index (χ0) is 11.3. The van der Waals surface area contributed by atoms with Gasteiger partial charge in [0.1, 0.15) is 0 Å². The van der Waals surface area contributed by atoms with E-state index in [1.807, 2.05) is 0 Å². The minimum Gasteiger partial charge on any atom is -0.393 e. The number of rotatable bonds is 5. The molecular weight excluding hydrogens is 198 g/mol. The van der Waals surface area contributed by atoms with Crippen molar-refractivity contribution in [3.8, 4) is 0 Å². The maximum absolute atomic E-state index is 12.8. The van der Waals surface area contributed by atoms with Gasteiger partial charge in [0.2, 0.25) is 0 Å². The highest BCUT2D eigenvalue weighted by atomic mass is 19.2. The lowest BCUT2D eigenvalue weighted by Crippen LogP contribution is -1.99. The van der Waals surface area contributed by atoms with E-state index in [1.54, 1.807) is 6.07 Å². The molecule has 0 spiro atoms. The summed E-state index contributed by atoms with van der Waals surface area (Å²) in [6.45, 7) is 3.45. The number of aliphatic hydroxyl groups excluding tert-OH is 1. The van der Waals surface area contributed by atoms with Crippen LogP contribution in [0.5, 0.6) is 0 Å². The summed E-state index contributed by atoms with van der Waals surface area (Å²) in [5.74, 6) is -1.61. The molecule has 15 heavy (non-hydrogen) atoms. The molecule has 0 aliphatic carbocycles. The number of halogens is 2. The predicted octanol–water partition coefficient (Wildman–Crippen LogP) is 2.87. The Morgan fingerprint density at radius 2 is 1.93 bits per heavy atom. The third-order valence-corrected chi connectivity index (χ3v) is 2.24. The lowest BCUT2D eigenvalue weighted by atomic mass is 10.1. The Morgan fingerprint density at radius 1 is 1.20 bits per heavy atom. The molecular formula is C12H15F2O. The van der Waals surface area contributed by atoms with Gasteiger partial charge in [-0.2, -0.15) is 0 Å². The van der Waals surface area contributed by atoms with Gasteiger partial charge in [-0.3, -0.25) is 0 Å². The van der Waals surface area contributed by atoms with E-state index in [2.05, 4.69) is 6.92 Å². The number of hydrogen-bond donors (Lipinski definition) is 1. The van der Waals surface area contributed by atoms with Crippen LogP contribution in [-0.4, -0.2) is 11.2 Å². The van der Waals surface area contributed by atoms with Crippen LogP contribution in [0.15, 0.2) is 18.2 Å². The first kappa shape index (κ1) is 12.1. The largest absolute Gasteiger partial charge is 0.393 e. The molecule has 0 aliphatic heterocycles. The molecule has 1 radical (unpaired) electrons. The second-order valence-electron chi connectivity index (χ2n) is 3.65. The quantitative estimate of drug-likeness (QED) is 0.746. The van der Waals surface area contributed by atoms with E-state index >= 15 is 0 Å². The monoisotopic (exact) mass is 213 g/mol. The number of unbranched alkanes of at least 4 members (excludes halogenated alkanes) is 1. The van der Waals surface area contributed by atoms with Gasteiger partial charge >= 0.3 is 0 Å². The maximum atomic E-state index is 12.8. The van der Waals surface area contributed by atoms with Gasteiger partial charge in [-0.15, -0.1) is 0 Å². The summed E-state index contributed by atoms with van der Waals surface area (Å²) in [6, 6.07) is 3.94. The molecule has 1 unspecified atom stereocenters. The minimum atomic E-state index is -0.813. The van der Waals surface area contributed by atoms with E-state index in [1.165, 1.54) is 6.07 Å². The van der Waals surface area contributed by atoms with Crippen LogP contribution in [-0.2, 0) is 6.42 Å². The van der Waals surface area contributed by atoms with E-state index in [4.69, 9.17) is 5.11 Å². The van der Waals surface area contributed by atoms with Gasteiger partial charge in [-0.25, -0.2) is 8.78 Å². The standard InChI is InChI=1S/C12H15F2O/c1-9(15)4-2-3-5-10-6-7-11(13)12(14)8-10/h6-9,15H,1-5H2. The first-order chi connectivity index (χ1) is 7.09. The number of aryl methyl sites for hydroxylation is 1. The molecule has 1 atom stereocenters. The summed E-state index contributed by atoms with van der Waals surface area (Å²) in [7, 11) is 0. The van der Waals surface area contributed by atoms with E-state index in [0.717, 1.165) is 24.5 Å². The Hall–Kier alpha value is -0.960. The Bertz CT molecular complexity index is 310. The Kier molecular flexibility index (Phi) is 4.69. The zero-order valence-corrected chi connectivity index (χ0v) is 8.55. The first-order valence-corrected chi connectivity index (χ1v) is 5.04. The van der Waals surface area contributed by atoms with Gasteiger partial charge in [0.25, 0.3) is 0 Å². The first-order valence-electron chi connectivity index (χ1n) is 5.04. The predicted molar refractivity (Wildman–Crippen MR) is 55.3 cm³/mol. The number of benzene rings is 1. The van der Waals surface area contributed by atoms with Crippen LogP contribution in [0.25, 0.3) is 0 Å². The molecule has 3 heteroatoms. The lowest BCUT2D eigenvalue weighted by Gasteiger charge is -2.04. The Balaban J connectivity index is 2.35. The topological polar surface area (TPSA) is 20.2 Å². The van der Waals surface area contributed by atoms with Gasteiger partial charge in [-0.05, 0) is 43.9 Å². The third kappa shape index (κ3) is 4.38. The van der Waals surface area contributed by atoms with Crippen molar-refractivity contribution in [3.63, 3.8) is 0 Å². The highest BCUT2D eigenvalue weighted by Crippen LogP contribution is 2.12. The van der Waals surface area contributed by atoms with E-state index in [9.17, 15) is 8.78 Å². The molecule has 1 aromatic rings. The van der Waals surface area contributed by atoms with E-state index < -0.39 is 17.7 Å². The maximum Gasteiger partial charge on any atom is 0.159 e. The Labute approximate surface area is 88.7 Å². The second-order valence-corrected chi connectivity index (χ2v) is 3.65. The summed E-state index contributed by atoms with van der Waals surface area (Å²) in [5.41, 5.74) is 0.785. The molecule has 1 rings (SSSR count). The molecule has 0 aromatic heterocycles. The lowest BCUT2D eigenvalue weighted by molar-refractivity contribution is 0.206. The third-order valence-electron chi connectivity index (χ3n) is 2.24. The minimum absolute atomic E-state index is 0.532. The van der Waals surface area contributed by atoms with Crippen LogP contribution < -0.4 is 0 Å². The van der Waals surface area contributed by atoms with E-state index in [0.29, 0.717) is 12.8 Å². The molecule has 0 amide bonds. The summed E-state index contributed by atoms with van der Waals surface area (Å²) in [6.07, 6.45) is 2.49. The fourth-order valence-corrected chi connectivity index (χ4v) is 1.40. The van der Waals surface area contributed by atoms with Crippen molar-refractivity contribution in [2.24, 2.45) is 0 Å². The van der Waals surface area contributed by atoms with Crippen molar-refractivity contribution in [1.82, 2.24) is 0 Å². The smallest absolute Gasteiger partial charge is 0.159 e. The van der Waals surface area contributed by atoms with E-state index in [-0.39, 0.29) is 0 Å². The normalized spacial score (nSPS) is 12.8. The average Bonchev–Trinajstić information content (AvgIpc) is 2.18. The van der Waals surface area contributed by atoms with Crippen LogP contribution in [0, 0.1) is 18.6 Å². The van der Waals surface area contributed by atoms with Crippen LogP contribution in [0.4, 0.5) is 8.78 Å². The fraction of sp³-hybridized carbons (Fsp3) is 0.417. The van der Waals surface area contributed by atoms with Gasteiger partial charge < -0.3 is 5.11 Å².